The first-order chi connectivity index (χ1) is 11.7. The van der Waals surface area contributed by atoms with E-state index in [0.717, 1.165) is 24.0 Å². The molecule has 6 heteroatoms. The topological polar surface area (TPSA) is 46.1 Å². The van der Waals surface area contributed by atoms with Crippen molar-refractivity contribution in [1.82, 2.24) is 10.2 Å². The molecule has 0 radical (unpaired) electrons. The van der Waals surface area contributed by atoms with Gasteiger partial charge in [0.1, 0.15) is 18.1 Å². The predicted octanol–water partition coefficient (Wildman–Crippen LogP) is 3.40. The Kier molecular flexibility index (Phi) is 9.76. The van der Waals surface area contributed by atoms with Gasteiger partial charge in [-0.2, -0.15) is 0 Å². The lowest BCUT2D eigenvalue weighted by Crippen LogP contribution is -2.40. The Balaban J connectivity index is 0.00000312. The molecule has 2 rings (SSSR count). The second-order valence-corrected chi connectivity index (χ2v) is 5.34. The van der Waals surface area contributed by atoms with Crippen molar-refractivity contribution in [3.05, 3.63) is 60.2 Å². The zero-order chi connectivity index (χ0) is 17.2. The molecule has 0 saturated carbocycles. The third kappa shape index (κ3) is 7.21. The van der Waals surface area contributed by atoms with Crippen LogP contribution in [0.1, 0.15) is 5.56 Å². The van der Waals surface area contributed by atoms with Gasteiger partial charge in [0.2, 0.25) is 0 Å². The van der Waals surface area contributed by atoms with E-state index in [4.69, 9.17) is 9.47 Å². The second-order valence-electron chi connectivity index (χ2n) is 5.34. The minimum atomic E-state index is 0. The zero-order valence-electron chi connectivity index (χ0n) is 14.9. The van der Waals surface area contributed by atoms with Crippen LogP contribution in [-0.4, -0.2) is 45.2 Å². The van der Waals surface area contributed by atoms with Crippen molar-refractivity contribution in [3.8, 4) is 11.5 Å². The number of methoxy groups -OCH3 is 1. The maximum absolute atomic E-state index is 5.67. The monoisotopic (exact) mass is 455 g/mol. The van der Waals surface area contributed by atoms with Crippen LogP contribution in [0.2, 0.25) is 0 Å². The Labute approximate surface area is 167 Å². The number of rotatable bonds is 7. The molecule has 1 N–H and O–H groups in total. The maximum atomic E-state index is 5.67. The molecule has 0 saturated heterocycles. The minimum Gasteiger partial charge on any atom is -0.497 e. The normalized spacial score (nSPS) is 10.6. The van der Waals surface area contributed by atoms with Gasteiger partial charge in [0, 0.05) is 20.6 Å². The Morgan fingerprint density at radius 2 is 1.72 bits per heavy atom. The van der Waals surface area contributed by atoms with Gasteiger partial charge >= 0.3 is 0 Å². The van der Waals surface area contributed by atoms with Crippen LogP contribution in [0.3, 0.4) is 0 Å². The lowest BCUT2D eigenvalue weighted by molar-refractivity contribution is 0.319. The third-order valence-corrected chi connectivity index (χ3v) is 3.55. The molecule has 0 unspecified atom stereocenters. The van der Waals surface area contributed by atoms with Gasteiger partial charge in [-0.3, -0.25) is 4.99 Å². The fraction of sp³-hybridized carbons (Fsp3) is 0.316. The second kappa shape index (κ2) is 11.6. The van der Waals surface area contributed by atoms with Gasteiger partial charge in [0.25, 0.3) is 0 Å². The molecule has 0 amide bonds. The summed E-state index contributed by atoms with van der Waals surface area (Å²) in [6, 6.07) is 17.8. The van der Waals surface area contributed by atoms with E-state index in [2.05, 4.69) is 27.3 Å². The molecule has 136 valence electrons. The molecule has 0 bridgehead atoms. The number of ether oxygens (including phenoxy) is 2. The van der Waals surface area contributed by atoms with Crippen molar-refractivity contribution in [3.63, 3.8) is 0 Å². The SMILES string of the molecule is CN=C(NCCOc1ccccc1)N(C)Cc1ccc(OC)cc1.I. The first-order valence-corrected chi connectivity index (χ1v) is 7.95. The van der Waals surface area contributed by atoms with E-state index >= 15 is 0 Å². The van der Waals surface area contributed by atoms with E-state index in [0.29, 0.717) is 13.2 Å². The summed E-state index contributed by atoms with van der Waals surface area (Å²) in [4.78, 5) is 6.39. The first kappa shape index (κ1) is 21.1. The molecule has 0 aliphatic rings. The Hall–Kier alpha value is -1.96. The number of nitrogens with zero attached hydrogens (tertiary/aromatic N) is 2. The lowest BCUT2D eigenvalue weighted by Gasteiger charge is -2.22. The van der Waals surface area contributed by atoms with E-state index in [1.165, 1.54) is 5.56 Å². The van der Waals surface area contributed by atoms with Gasteiger partial charge < -0.3 is 19.7 Å². The van der Waals surface area contributed by atoms with Crippen molar-refractivity contribution in [2.45, 2.75) is 6.54 Å². The Bertz CT molecular complexity index is 633. The minimum absolute atomic E-state index is 0. The molecule has 0 spiro atoms. The highest BCUT2D eigenvalue weighted by Crippen LogP contribution is 2.12. The van der Waals surface area contributed by atoms with E-state index < -0.39 is 0 Å². The number of hydrogen-bond donors (Lipinski definition) is 1. The predicted molar refractivity (Wildman–Crippen MR) is 113 cm³/mol. The smallest absolute Gasteiger partial charge is 0.193 e. The van der Waals surface area contributed by atoms with E-state index in [1.54, 1.807) is 14.2 Å². The number of aliphatic imine (C=N–C) groups is 1. The van der Waals surface area contributed by atoms with Crippen LogP contribution in [0, 0.1) is 0 Å². The summed E-state index contributed by atoms with van der Waals surface area (Å²) in [5.41, 5.74) is 1.20. The van der Waals surface area contributed by atoms with Gasteiger partial charge in [-0.05, 0) is 29.8 Å². The van der Waals surface area contributed by atoms with Gasteiger partial charge in [-0.25, -0.2) is 0 Å². The number of benzene rings is 2. The summed E-state index contributed by atoms with van der Waals surface area (Å²) < 4.78 is 10.9. The van der Waals surface area contributed by atoms with Crippen LogP contribution in [0.15, 0.2) is 59.6 Å². The van der Waals surface area contributed by atoms with Crippen LogP contribution >= 0.6 is 24.0 Å². The summed E-state index contributed by atoms with van der Waals surface area (Å²) in [7, 11) is 5.47. The fourth-order valence-electron chi connectivity index (χ4n) is 2.31. The number of nitrogens with one attached hydrogen (secondary N) is 1. The van der Waals surface area contributed by atoms with Crippen LogP contribution < -0.4 is 14.8 Å². The van der Waals surface area contributed by atoms with Gasteiger partial charge in [0.05, 0.1) is 13.7 Å². The van der Waals surface area contributed by atoms with Crippen molar-refractivity contribution >= 4 is 29.9 Å². The van der Waals surface area contributed by atoms with Gasteiger partial charge in [0.15, 0.2) is 5.96 Å². The van der Waals surface area contributed by atoms with Crippen LogP contribution in [0.5, 0.6) is 11.5 Å². The third-order valence-electron chi connectivity index (χ3n) is 3.55. The summed E-state index contributed by atoms with van der Waals surface area (Å²) >= 11 is 0. The van der Waals surface area contributed by atoms with Crippen molar-refractivity contribution < 1.29 is 9.47 Å². The average molecular weight is 455 g/mol. The highest BCUT2D eigenvalue weighted by Gasteiger charge is 2.06. The van der Waals surface area contributed by atoms with Crippen LogP contribution in [-0.2, 0) is 6.54 Å². The molecular formula is C19H26IN3O2. The van der Waals surface area contributed by atoms with Crippen molar-refractivity contribution in [2.24, 2.45) is 4.99 Å². The molecule has 0 fully saturated rings. The van der Waals surface area contributed by atoms with E-state index in [-0.39, 0.29) is 24.0 Å². The van der Waals surface area contributed by atoms with Crippen LogP contribution in [0.4, 0.5) is 0 Å². The van der Waals surface area contributed by atoms with E-state index in [9.17, 15) is 0 Å². The highest BCUT2D eigenvalue weighted by atomic mass is 127. The fourth-order valence-corrected chi connectivity index (χ4v) is 2.31. The largest absolute Gasteiger partial charge is 0.497 e. The Morgan fingerprint density at radius 1 is 1.04 bits per heavy atom. The zero-order valence-corrected chi connectivity index (χ0v) is 17.3. The first-order valence-electron chi connectivity index (χ1n) is 7.95. The van der Waals surface area contributed by atoms with Crippen LogP contribution in [0.25, 0.3) is 0 Å². The summed E-state index contributed by atoms with van der Waals surface area (Å²) in [6.45, 7) is 2.04. The summed E-state index contributed by atoms with van der Waals surface area (Å²) in [5.74, 6) is 2.57. The standard InChI is InChI=1S/C19H25N3O2.HI/c1-20-19(21-13-14-24-18-7-5-4-6-8-18)22(2)15-16-9-11-17(23-3)12-10-16;/h4-12H,13-15H2,1-3H3,(H,20,21);1H. The molecule has 0 aliphatic carbocycles. The number of guanidine groups is 1. The quantitative estimate of drug-likeness (QED) is 0.301. The van der Waals surface area contributed by atoms with Crippen molar-refractivity contribution in [1.29, 1.82) is 0 Å². The molecule has 0 aliphatic heterocycles. The van der Waals surface area contributed by atoms with Crippen molar-refractivity contribution in [2.75, 3.05) is 34.4 Å². The molecule has 25 heavy (non-hydrogen) atoms. The Morgan fingerprint density at radius 3 is 2.32 bits per heavy atom. The van der Waals surface area contributed by atoms with E-state index in [1.807, 2.05) is 49.5 Å². The molecule has 0 heterocycles. The average Bonchev–Trinajstić information content (AvgIpc) is 2.63. The number of halogens is 1. The van der Waals surface area contributed by atoms with Gasteiger partial charge in [-0.1, -0.05) is 30.3 Å². The molecule has 2 aromatic rings. The summed E-state index contributed by atoms with van der Waals surface area (Å²) in [6.07, 6.45) is 0. The molecule has 0 atom stereocenters. The lowest BCUT2D eigenvalue weighted by atomic mass is 10.2. The highest BCUT2D eigenvalue weighted by molar-refractivity contribution is 14.0. The summed E-state index contributed by atoms with van der Waals surface area (Å²) in [5, 5.41) is 3.31. The molecule has 5 nitrogen and oxygen atoms in total. The molecular weight excluding hydrogens is 429 g/mol. The maximum Gasteiger partial charge on any atom is 0.193 e. The molecule has 2 aromatic carbocycles. The number of para-hydroxylation sites is 1. The number of hydrogen-bond acceptors (Lipinski definition) is 3. The van der Waals surface area contributed by atoms with Gasteiger partial charge in [-0.15, -0.1) is 24.0 Å². The molecule has 0 aromatic heterocycles.